The van der Waals surface area contributed by atoms with E-state index in [9.17, 15) is 4.79 Å². The molecule has 0 bridgehead atoms. The van der Waals surface area contributed by atoms with Crippen molar-refractivity contribution in [2.45, 2.75) is 6.54 Å². The number of nitrogens with one attached hydrogen (secondary N) is 1. The van der Waals surface area contributed by atoms with Gasteiger partial charge in [0.2, 0.25) is 0 Å². The minimum atomic E-state index is -0.214. The zero-order valence-corrected chi connectivity index (χ0v) is 8.34. The lowest BCUT2D eigenvalue weighted by molar-refractivity contribution is 0.610. The van der Waals surface area contributed by atoms with E-state index in [1.54, 1.807) is 10.8 Å². The fourth-order valence-corrected chi connectivity index (χ4v) is 1.17. The van der Waals surface area contributed by atoms with Crippen molar-refractivity contribution < 1.29 is 0 Å². The molecule has 1 rings (SSSR count). The molecule has 0 aromatic carbocycles. The van der Waals surface area contributed by atoms with Crippen molar-refractivity contribution in [3.8, 4) is 0 Å². The van der Waals surface area contributed by atoms with E-state index in [-0.39, 0.29) is 5.69 Å². The van der Waals surface area contributed by atoms with Gasteiger partial charge < -0.3 is 5.32 Å². The average Bonchev–Trinajstić information content (AvgIpc) is 2.07. The molecule has 12 heavy (non-hydrogen) atoms. The number of likely N-dealkylation sites (N-methyl/N-ethyl adjacent to an activating group) is 1. The molecule has 0 atom stereocenters. The number of hydrogen-bond acceptors (Lipinski definition) is 3. The van der Waals surface area contributed by atoms with Gasteiger partial charge in [-0.15, -0.1) is 0 Å². The third kappa shape index (κ3) is 2.42. The van der Waals surface area contributed by atoms with Gasteiger partial charge in [0.15, 0.2) is 0 Å². The summed E-state index contributed by atoms with van der Waals surface area (Å²) in [5, 5.41) is 2.96. The summed E-state index contributed by atoms with van der Waals surface area (Å²) < 4.78 is 2.37. The summed E-state index contributed by atoms with van der Waals surface area (Å²) in [6.45, 7) is 1.40. The first kappa shape index (κ1) is 9.41. The number of hydrogen-bond donors (Lipinski definition) is 1. The lowest BCUT2D eigenvalue weighted by atomic mass is 10.5. The number of halogens is 1. The van der Waals surface area contributed by atoms with E-state index in [4.69, 9.17) is 0 Å². The van der Waals surface area contributed by atoms with Crippen LogP contribution in [0.15, 0.2) is 21.7 Å². The van der Waals surface area contributed by atoms with Crippen molar-refractivity contribution in [1.29, 1.82) is 0 Å². The summed E-state index contributed by atoms with van der Waals surface area (Å²) in [5.74, 6) is 0. The maximum Gasteiger partial charge on any atom is 0.347 e. The van der Waals surface area contributed by atoms with Crippen LogP contribution in [-0.4, -0.2) is 23.1 Å². The lowest BCUT2D eigenvalue weighted by Gasteiger charge is -2.03. The van der Waals surface area contributed by atoms with E-state index in [1.807, 2.05) is 7.05 Å². The molecule has 1 N–H and O–H groups in total. The van der Waals surface area contributed by atoms with Gasteiger partial charge in [0.05, 0.1) is 4.47 Å². The molecule has 0 spiro atoms. The maximum atomic E-state index is 11.1. The monoisotopic (exact) mass is 231 g/mol. The Balaban J connectivity index is 2.83. The van der Waals surface area contributed by atoms with Gasteiger partial charge >= 0.3 is 5.69 Å². The van der Waals surface area contributed by atoms with Crippen molar-refractivity contribution in [1.82, 2.24) is 14.9 Å². The molecule has 1 aromatic heterocycles. The smallest absolute Gasteiger partial charge is 0.318 e. The topological polar surface area (TPSA) is 46.9 Å². The predicted molar refractivity (Wildman–Crippen MR) is 50.1 cm³/mol. The lowest BCUT2D eigenvalue weighted by Crippen LogP contribution is -2.26. The zero-order chi connectivity index (χ0) is 8.97. The van der Waals surface area contributed by atoms with Crippen LogP contribution in [0, 0.1) is 0 Å². The van der Waals surface area contributed by atoms with Crippen molar-refractivity contribution in [2.24, 2.45) is 0 Å². The molecule has 1 aromatic rings. The van der Waals surface area contributed by atoms with Crippen LogP contribution >= 0.6 is 15.9 Å². The molecule has 66 valence electrons. The molecule has 4 nitrogen and oxygen atoms in total. The molecule has 0 aliphatic carbocycles. The highest BCUT2D eigenvalue weighted by molar-refractivity contribution is 9.10. The Morgan fingerprint density at radius 2 is 2.50 bits per heavy atom. The van der Waals surface area contributed by atoms with Gasteiger partial charge in [0, 0.05) is 25.5 Å². The van der Waals surface area contributed by atoms with E-state index in [2.05, 4.69) is 26.2 Å². The van der Waals surface area contributed by atoms with Crippen LogP contribution in [0.3, 0.4) is 0 Å². The molecule has 0 aliphatic rings. The maximum absolute atomic E-state index is 11.1. The molecule has 0 amide bonds. The Kier molecular flexibility index (Phi) is 3.43. The molecule has 0 fully saturated rings. The van der Waals surface area contributed by atoms with Gasteiger partial charge in [-0.2, -0.15) is 0 Å². The Bertz CT molecular complexity index is 310. The quantitative estimate of drug-likeness (QED) is 0.811. The third-order valence-corrected chi connectivity index (χ3v) is 1.84. The summed E-state index contributed by atoms with van der Waals surface area (Å²) >= 11 is 3.25. The highest BCUT2D eigenvalue weighted by atomic mass is 79.9. The Labute approximate surface area is 78.8 Å². The molecule has 0 saturated heterocycles. The van der Waals surface area contributed by atoms with E-state index >= 15 is 0 Å². The second kappa shape index (κ2) is 4.37. The molecule has 0 saturated carbocycles. The van der Waals surface area contributed by atoms with Crippen molar-refractivity contribution >= 4 is 15.9 Å². The van der Waals surface area contributed by atoms with Crippen molar-refractivity contribution in [3.63, 3.8) is 0 Å². The standard InChI is InChI=1S/C7H10BrN3O/c1-9-2-3-11-5-6(8)4-10-7(11)12/h4-5,9H,2-3H2,1H3. The second-order valence-corrected chi connectivity index (χ2v) is 3.27. The van der Waals surface area contributed by atoms with Crippen LogP contribution in [-0.2, 0) is 6.54 Å². The van der Waals surface area contributed by atoms with Crippen LogP contribution in [0.2, 0.25) is 0 Å². The van der Waals surface area contributed by atoms with E-state index in [0.717, 1.165) is 11.0 Å². The first-order valence-electron chi connectivity index (χ1n) is 3.60. The summed E-state index contributed by atoms with van der Waals surface area (Å²) in [6, 6.07) is 0. The molecule has 1 heterocycles. The molecule has 0 radical (unpaired) electrons. The van der Waals surface area contributed by atoms with Gasteiger partial charge in [0.1, 0.15) is 0 Å². The van der Waals surface area contributed by atoms with E-state index in [1.165, 1.54) is 6.20 Å². The van der Waals surface area contributed by atoms with Gasteiger partial charge in [-0.1, -0.05) is 0 Å². The normalized spacial score (nSPS) is 10.2. The molecule has 5 heteroatoms. The van der Waals surface area contributed by atoms with Crippen LogP contribution in [0.4, 0.5) is 0 Å². The van der Waals surface area contributed by atoms with Crippen molar-refractivity contribution in [2.75, 3.05) is 13.6 Å². The highest BCUT2D eigenvalue weighted by Gasteiger charge is 1.95. The third-order valence-electron chi connectivity index (χ3n) is 1.43. The van der Waals surface area contributed by atoms with Crippen LogP contribution in [0.5, 0.6) is 0 Å². The van der Waals surface area contributed by atoms with Gasteiger partial charge in [-0.3, -0.25) is 4.57 Å². The number of aromatic nitrogens is 2. The van der Waals surface area contributed by atoms with E-state index < -0.39 is 0 Å². The molecule has 0 unspecified atom stereocenters. The highest BCUT2D eigenvalue weighted by Crippen LogP contribution is 2.02. The van der Waals surface area contributed by atoms with Crippen molar-refractivity contribution in [3.05, 3.63) is 27.4 Å². The second-order valence-electron chi connectivity index (χ2n) is 2.35. The number of nitrogens with zero attached hydrogens (tertiary/aromatic N) is 2. The van der Waals surface area contributed by atoms with Crippen LogP contribution in [0.25, 0.3) is 0 Å². The Morgan fingerprint density at radius 3 is 3.17 bits per heavy atom. The predicted octanol–water partition coefficient (Wildman–Crippen LogP) is 0.225. The molecular formula is C7H10BrN3O. The molecule has 0 aliphatic heterocycles. The summed E-state index contributed by atoms with van der Waals surface area (Å²) in [6.07, 6.45) is 3.23. The minimum absolute atomic E-state index is 0.214. The fraction of sp³-hybridized carbons (Fsp3) is 0.429. The largest absolute Gasteiger partial charge is 0.347 e. The number of rotatable bonds is 3. The minimum Gasteiger partial charge on any atom is -0.318 e. The van der Waals surface area contributed by atoms with Gasteiger partial charge in [-0.25, -0.2) is 9.78 Å². The van der Waals surface area contributed by atoms with Gasteiger partial charge in [-0.05, 0) is 23.0 Å². The van der Waals surface area contributed by atoms with E-state index in [0.29, 0.717) is 6.54 Å². The zero-order valence-electron chi connectivity index (χ0n) is 6.75. The SMILES string of the molecule is CNCCn1cc(Br)cnc1=O. The Morgan fingerprint density at radius 1 is 1.75 bits per heavy atom. The Hall–Kier alpha value is -0.680. The first-order valence-corrected chi connectivity index (χ1v) is 4.40. The fourth-order valence-electron chi connectivity index (χ4n) is 0.821. The summed E-state index contributed by atoms with van der Waals surface area (Å²) in [5.41, 5.74) is -0.214. The van der Waals surface area contributed by atoms with Gasteiger partial charge in [0.25, 0.3) is 0 Å². The van der Waals surface area contributed by atoms with Crippen LogP contribution in [0.1, 0.15) is 0 Å². The van der Waals surface area contributed by atoms with Crippen LogP contribution < -0.4 is 11.0 Å². The first-order chi connectivity index (χ1) is 5.74. The summed E-state index contributed by atoms with van der Waals surface area (Å²) in [7, 11) is 1.84. The average molecular weight is 232 g/mol. The summed E-state index contributed by atoms with van der Waals surface area (Å²) in [4.78, 5) is 14.7. The molecular weight excluding hydrogens is 222 g/mol.